The van der Waals surface area contributed by atoms with Crippen molar-refractivity contribution in [2.24, 2.45) is 0 Å². The Morgan fingerprint density at radius 1 is 1.06 bits per heavy atom. The lowest BCUT2D eigenvalue weighted by Gasteiger charge is -2.32. The van der Waals surface area contributed by atoms with Gasteiger partial charge < -0.3 is 14.8 Å². The molecule has 0 aromatic heterocycles. The second-order valence-corrected chi connectivity index (χ2v) is 11.5. The normalized spacial score (nSPS) is 22.0. The molecule has 2 N–H and O–H groups in total. The molecule has 0 aliphatic carbocycles. The van der Waals surface area contributed by atoms with E-state index in [9.17, 15) is 18.5 Å². The summed E-state index contributed by atoms with van der Waals surface area (Å²) >= 11 is 0. The molecule has 5 nitrogen and oxygen atoms in total. The SMILES string of the molecule is CCC1=C2[C@@H](CC/C(=C/c3ccc(O)c4ccccc34)c3ccccc3)OB(O)C[C@@H]2S(=O)(=O)C1. The molecule has 35 heavy (non-hydrogen) atoms. The number of phenolic OH excluding ortho intramolecular Hbond substituents is 1. The van der Waals surface area contributed by atoms with Crippen molar-refractivity contribution in [3.8, 4) is 5.75 Å². The lowest BCUT2D eigenvalue weighted by Crippen LogP contribution is -2.41. The molecule has 3 aromatic carbocycles. The number of phenols is 1. The first kappa shape index (κ1) is 23.9. The van der Waals surface area contributed by atoms with E-state index in [1.165, 1.54) is 0 Å². The Balaban J connectivity index is 1.51. The van der Waals surface area contributed by atoms with Crippen LogP contribution >= 0.6 is 0 Å². The van der Waals surface area contributed by atoms with E-state index in [1.807, 2.05) is 55.5 Å². The van der Waals surface area contributed by atoms with Crippen LogP contribution in [-0.4, -0.2) is 42.8 Å². The molecule has 180 valence electrons. The van der Waals surface area contributed by atoms with Crippen molar-refractivity contribution in [2.45, 2.75) is 43.9 Å². The average Bonchev–Trinajstić information content (AvgIpc) is 3.13. The Labute approximate surface area is 206 Å². The van der Waals surface area contributed by atoms with Gasteiger partial charge in [0, 0.05) is 11.7 Å². The average molecular weight is 488 g/mol. The maximum atomic E-state index is 12.8. The van der Waals surface area contributed by atoms with Crippen LogP contribution in [-0.2, 0) is 14.5 Å². The van der Waals surface area contributed by atoms with Crippen LogP contribution in [0, 0.1) is 0 Å². The molecule has 3 aromatic rings. The van der Waals surface area contributed by atoms with Crippen molar-refractivity contribution in [2.75, 3.05) is 5.75 Å². The van der Waals surface area contributed by atoms with Crippen LogP contribution in [0.25, 0.3) is 22.4 Å². The van der Waals surface area contributed by atoms with Crippen LogP contribution in [0.2, 0.25) is 6.32 Å². The molecule has 2 heterocycles. The van der Waals surface area contributed by atoms with Crippen LogP contribution in [0.15, 0.2) is 77.9 Å². The summed E-state index contributed by atoms with van der Waals surface area (Å²) in [5.41, 5.74) is 4.95. The Morgan fingerprint density at radius 2 is 1.77 bits per heavy atom. The first-order valence-corrected chi connectivity index (χ1v) is 13.8. The van der Waals surface area contributed by atoms with Gasteiger partial charge in [0.05, 0.1) is 17.1 Å². The predicted molar refractivity (Wildman–Crippen MR) is 142 cm³/mol. The smallest absolute Gasteiger partial charge is 0.456 e. The summed E-state index contributed by atoms with van der Waals surface area (Å²) in [7, 11) is -4.37. The third-order valence-corrected chi connectivity index (χ3v) is 9.22. The minimum Gasteiger partial charge on any atom is -0.507 e. The summed E-state index contributed by atoms with van der Waals surface area (Å²) in [6.45, 7) is 1.98. The number of sulfone groups is 1. The molecule has 2 aliphatic rings. The van der Waals surface area contributed by atoms with Crippen LogP contribution in [0.4, 0.5) is 0 Å². The highest BCUT2D eigenvalue weighted by Crippen LogP contribution is 2.41. The molecule has 7 heteroatoms. The maximum Gasteiger partial charge on any atom is 0.456 e. The number of allylic oxidation sites excluding steroid dienone is 1. The third kappa shape index (κ3) is 4.68. The van der Waals surface area contributed by atoms with Gasteiger partial charge in [-0.1, -0.05) is 79.2 Å². The molecule has 0 spiro atoms. The Bertz CT molecular complexity index is 1410. The molecule has 0 radical (unpaired) electrons. The van der Waals surface area contributed by atoms with E-state index in [0.717, 1.165) is 38.6 Å². The van der Waals surface area contributed by atoms with Crippen molar-refractivity contribution in [3.05, 3.63) is 89.0 Å². The topological polar surface area (TPSA) is 83.8 Å². The van der Waals surface area contributed by atoms with Crippen molar-refractivity contribution in [1.29, 1.82) is 0 Å². The van der Waals surface area contributed by atoms with Gasteiger partial charge in [-0.15, -0.1) is 0 Å². The van der Waals surface area contributed by atoms with E-state index in [0.29, 0.717) is 19.3 Å². The maximum absolute atomic E-state index is 12.8. The van der Waals surface area contributed by atoms with E-state index in [4.69, 9.17) is 4.65 Å². The molecule has 0 amide bonds. The monoisotopic (exact) mass is 488 g/mol. The minimum atomic E-state index is -3.29. The fourth-order valence-electron chi connectivity index (χ4n) is 5.45. The molecular formula is C28H29BO5S. The fourth-order valence-corrected chi connectivity index (χ4v) is 7.67. The second-order valence-electron chi connectivity index (χ2n) is 9.32. The molecule has 1 fully saturated rings. The number of hydrogen-bond donors (Lipinski definition) is 2. The van der Waals surface area contributed by atoms with Gasteiger partial charge in [0.1, 0.15) is 5.75 Å². The van der Waals surface area contributed by atoms with Crippen molar-refractivity contribution in [1.82, 2.24) is 0 Å². The summed E-state index contributed by atoms with van der Waals surface area (Å²) < 4.78 is 31.5. The minimum absolute atomic E-state index is 0.0664. The van der Waals surface area contributed by atoms with Crippen LogP contribution in [0.1, 0.15) is 37.3 Å². The highest BCUT2D eigenvalue weighted by atomic mass is 32.2. The zero-order valence-corrected chi connectivity index (χ0v) is 20.5. The van der Waals surface area contributed by atoms with Crippen molar-refractivity contribution >= 4 is 39.4 Å². The summed E-state index contributed by atoms with van der Waals surface area (Å²) in [5.74, 6) is 0.313. The molecule has 0 saturated carbocycles. The van der Waals surface area contributed by atoms with Gasteiger partial charge in [-0.2, -0.15) is 0 Å². The van der Waals surface area contributed by atoms with Crippen molar-refractivity contribution < 1.29 is 23.2 Å². The number of benzene rings is 3. The molecule has 2 aliphatic heterocycles. The van der Waals surface area contributed by atoms with E-state index < -0.39 is 28.3 Å². The third-order valence-electron chi connectivity index (χ3n) is 7.16. The Morgan fingerprint density at radius 3 is 2.51 bits per heavy atom. The fraction of sp³-hybridized carbons (Fsp3) is 0.286. The molecule has 5 rings (SSSR count). The summed E-state index contributed by atoms with van der Waals surface area (Å²) in [4.78, 5) is 0. The van der Waals surface area contributed by atoms with Crippen LogP contribution < -0.4 is 0 Å². The summed E-state index contributed by atoms with van der Waals surface area (Å²) in [6, 6.07) is 21.5. The summed E-state index contributed by atoms with van der Waals surface area (Å²) in [6.07, 6.45) is 3.69. The molecule has 0 bridgehead atoms. The van der Waals surface area contributed by atoms with E-state index in [-0.39, 0.29) is 17.8 Å². The number of fused-ring (bicyclic) bond motifs is 2. The first-order chi connectivity index (χ1) is 16.9. The zero-order chi connectivity index (χ0) is 24.6. The quantitative estimate of drug-likeness (QED) is 0.281. The molecule has 2 atom stereocenters. The van der Waals surface area contributed by atoms with Crippen LogP contribution in [0.5, 0.6) is 5.75 Å². The summed E-state index contributed by atoms with van der Waals surface area (Å²) in [5, 5.41) is 21.8. The van der Waals surface area contributed by atoms with Crippen molar-refractivity contribution in [3.63, 3.8) is 0 Å². The highest BCUT2D eigenvalue weighted by Gasteiger charge is 2.47. The van der Waals surface area contributed by atoms with Gasteiger partial charge in [0.25, 0.3) is 0 Å². The highest BCUT2D eigenvalue weighted by molar-refractivity contribution is 7.92. The number of hydrogen-bond acceptors (Lipinski definition) is 5. The van der Waals surface area contributed by atoms with E-state index in [1.54, 1.807) is 6.07 Å². The van der Waals surface area contributed by atoms with Gasteiger partial charge >= 0.3 is 7.12 Å². The number of aromatic hydroxyl groups is 1. The van der Waals surface area contributed by atoms with Gasteiger partial charge in [-0.05, 0) is 53.0 Å². The standard InChI is InChI=1S/C28H29BO5S/c1-2-19-18-35(32,33)27-17-29(31)34-26(28(19)27)15-13-21(20-8-4-3-5-9-20)16-22-12-14-25(30)24-11-7-6-10-23(22)24/h3-12,14,16,26-27,30-31H,2,13,15,17-18H2,1H3/b21-16-/t26-,27+/m1/s1. The van der Waals surface area contributed by atoms with E-state index in [2.05, 4.69) is 18.2 Å². The van der Waals surface area contributed by atoms with Gasteiger partial charge in [0.15, 0.2) is 9.84 Å². The largest absolute Gasteiger partial charge is 0.507 e. The lowest BCUT2D eigenvalue weighted by molar-refractivity contribution is 0.171. The van der Waals surface area contributed by atoms with Gasteiger partial charge in [-0.25, -0.2) is 8.42 Å². The second kappa shape index (κ2) is 9.65. The Hall–Kier alpha value is -2.87. The Kier molecular flexibility index (Phi) is 6.58. The van der Waals surface area contributed by atoms with Crippen LogP contribution in [0.3, 0.4) is 0 Å². The molecular weight excluding hydrogens is 459 g/mol. The van der Waals surface area contributed by atoms with Gasteiger partial charge in [-0.3, -0.25) is 0 Å². The molecule has 0 unspecified atom stereocenters. The van der Waals surface area contributed by atoms with Gasteiger partial charge in [0.2, 0.25) is 0 Å². The first-order valence-electron chi connectivity index (χ1n) is 12.1. The number of rotatable bonds is 6. The zero-order valence-electron chi connectivity index (χ0n) is 19.7. The van der Waals surface area contributed by atoms with E-state index >= 15 is 0 Å². The molecule has 1 saturated heterocycles. The lowest BCUT2D eigenvalue weighted by atomic mass is 9.74. The predicted octanol–water partition coefficient (Wildman–Crippen LogP) is 5.25.